The summed E-state index contributed by atoms with van der Waals surface area (Å²) in [4.78, 5) is 10.6. The monoisotopic (exact) mass is 206 g/mol. The first kappa shape index (κ1) is 10.4. The highest BCUT2D eigenvalue weighted by atomic mass is 15.2. The van der Waals surface area contributed by atoms with Crippen LogP contribution in [0.5, 0.6) is 0 Å². The standard InChI is InChI=1S/C11H18N4/c1-2-15-7-3-4-10(8-15)14-11-5-6-12-9-13-11/h5-6,9-10H,2-4,7-8H2,1H3,(H,12,13,14). The van der Waals surface area contributed by atoms with Crippen molar-refractivity contribution >= 4 is 5.82 Å². The van der Waals surface area contributed by atoms with Crippen LogP contribution in [-0.2, 0) is 0 Å². The lowest BCUT2D eigenvalue weighted by Crippen LogP contribution is -2.41. The van der Waals surface area contributed by atoms with Crippen molar-refractivity contribution in [2.45, 2.75) is 25.8 Å². The van der Waals surface area contributed by atoms with E-state index in [0.717, 1.165) is 18.9 Å². The molecule has 0 amide bonds. The molecule has 1 aromatic heterocycles. The fourth-order valence-corrected chi connectivity index (χ4v) is 2.05. The third kappa shape index (κ3) is 2.89. The molecule has 1 fully saturated rings. The van der Waals surface area contributed by atoms with Gasteiger partial charge in [0.15, 0.2) is 0 Å². The summed E-state index contributed by atoms with van der Waals surface area (Å²) in [5.41, 5.74) is 0. The van der Waals surface area contributed by atoms with Crippen LogP contribution in [0.3, 0.4) is 0 Å². The molecule has 4 nitrogen and oxygen atoms in total. The molecule has 1 saturated heterocycles. The number of likely N-dealkylation sites (tertiary alicyclic amines) is 1. The molecule has 15 heavy (non-hydrogen) atoms. The Labute approximate surface area is 90.7 Å². The van der Waals surface area contributed by atoms with Gasteiger partial charge in [-0.15, -0.1) is 0 Å². The van der Waals surface area contributed by atoms with Crippen molar-refractivity contribution in [2.75, 3.05) is 25.0 Å². The second kappa shape index (κ2) is 5.07. The van der Waals surface area contributed by atoms with Crippen LogP contribution in [0.25, 0.3) is 0 Å². The number of hydrogen-bond donors (Lipinski definition) is 1. The molecule has 2 heterocycles. The second-order valence-electron chi connectivity index (χ2n) is 3.97. The van der Waals surface area contributed by atoms with Crippen molar-refractivity contribution in [3.8, 4) is 0 Å². The van der Waals surface area contributed by atoms with E-state index in [4.69, 9.17) is 0 Å². The topological polar surface area (TPSA) is 41.0 Å². The number of rotatable bonds is 3. The van der Waals surface area contributed by atoms with Gasteiger partial charge in [0.25, 0.3) is 0 Å². The Bertz CT molecular complexity index is 288. The van der Waals surface area contributed by atoms with Crippen LogP contribution >= 0.6 is 0 Å². The predicted molar refractivity (Wildman–Crippen MR) is 60.8 cm³/mol. The molecule has 0 bridgehead atoms. The summed E-state index contributed by atoms with van der Waals surface area (Å²) >= 11 is 0. The van der Waals surface area contributed by atoms with Crippen molar-refractivity contribution in [1.29, 1.82) is 0 Å². The van der Waals surface area contributed by atoms with Gasteiger partial charge in [0.2, 0.25) is 0 Å². The lowest BCUT2D eigenvalue weighted by Gasteiger charge is -2.32. The summed E-state index contributed by atoms with van der Waals surface area (Å²) in [5, 5.41) is 3.45. The molecule has 82 valence electrons. The molecule has 0 aromatic carbocycles. The zero-order valence-electron chi connectivity index (χ0n) is 9.19. The van der Waals surface area contributed by atoms with E-state index in [1.807, 2.05) is 6.07 Å². The van der Waals surface area contributed by atoms with Gasteiger partial charge in [-0.25, -0.2) is 9.97 Å². The van der Waals surface area contributed by atoms with Crippen molar-refractivity contribution in [3.63, 3.8) is 0 Å². The number of piperidine rings is 1. The van der Waals surface area contributed by atoms with Crippen LogP contribution in [0.1, 0.15) is 19.8 Å². The van der Waals surface area contributed by atoms with E-state index < -0.39 is 0 Å². The van der Waals surface area contributed by atoms with Gasteiger partial charge >= 0.3 is 0 Å². The minimum absolute atomic E-state index is 0.536. The van der Waals surface area contributed by atoms with Gasteiger partial charge < -0.3 is 10.2 Å². The molecule has 1 aromatic rings. The molecule has 1 atom stereocenters. The lowest BCUT2D eigenvalue weighted by atomic mass is 10.1. The molecule has 0 spiro atoms. The molecule has 0 aliphatic carbocycles. The van der Waals surface area contributed by atoms with Crippen LogP contribution in [0.4, 0.5) is 5.82 Å². The fraction of sp³-hybridized carbons (Fsp3) is 0.636. The summed E-state index contributed by atoms with van der Waals surface area (Å²) in [7, 11) is 0. The Hall–Kier alpha value is -1.16. The van der Waals surface area contributed by atoms with Gasteiger partial charge in [-0.3, -0.25) is 0 Å². The quantitative estimate of drug-likeness (QED) is 0.811. The van der Waals surface area contributed by atoms with Gasteiger partial charge in [-0.2, -0.15) is 0 Å². The van der Waals surface area contributed by atoms with Crippen LogP contribution in [-0.4, -0.2) is 40.5 Å². The summed E-state index contributed by atoms with van der Waals surface area (Å²) in [5.74, 6) is 0.938. The zero-order valence-corrected chi connectivity index (χ0v) is 9.19. The van der Waals surface area contributed by atoms with E-state index in [-0.39, 0.29) is 0 Å². The second-order valence-corrected chi connectivity index (χ2v) is 3.97. The van der Waals surface area contributed by atoms with E-state index in [1.165, 1.54) is 19.4 Å². The molecule has 1 N–H and O–H groups in total. The number of hydrogen-bond acceptors (Lipinski definition) is 4. The number of nitrogens with one attached hydrogen (secondary N) is 1. The first-order chi connectivity index (χ1) is 7.38. The predicted octanol–water partition coefficient (Wildman–Crippen LogP) is 1.37. The third-order valence-corrected chi connectivity index (χ3v) is 2.89. The lowest BCUT2D eigenvalue weighted by molar-refractivity contribution is 0.226. The fourth-order valence-electron chi connectivity index (χ4n) is 2.05. The maximum atomic E-state index is 4.18. The van der Waals surface area contributed by atoms with Crippen LogP contribution in [0.15, 0.2) is 18.6 Å². The van der Waals surface area contributed by atoms with E-state index >= 15 is 0 Å². The van der Waals surface area contributed by atoms with Gasteiger partial charge in [0.05, 0.1) is 0 Å². The zero-order chi connectivity index (χ0) is 10.5. The normalized spacial score (nSPS) is 22.6. The van der Waals surface area contributed by atoms with Crippen LogP contribution in [0.2, 0.25) is 0 Å². The Kier molecular flexibility index (Phi) is 3.50. The average molecular weight is 206 g/mol. The van der Waals surface area contributed by atoms with E-state index in [2.05, 4.69) is 27.1 Å². The summed E-state index contributed by atoms with van der Waals surface area (Å²) in [6.07, 6.45) is 5.87. The first-order valence-corrected chi connectivity index (χ1v) is 5.63. The highest BCUT2D eigenvalue weighted by Crippen LogP contribution is 2.13. The highest BCUT2D eigenvalue weighted by molar-refractivity contribution is 5.33. The summed E-state index contributed by atoms with van der Waals surface area (Å²) < 4.78 is 0. The van der Waals surface area contributed by atoms with Crippen molar-refractivity contribution in [2.24, 2.45) is 0 Å². The van der Waals surface area contributed by atoms with Crippen molar-refractivity contribution < 1.29 is 0 Å². The average Bonchev–Trinajstić information content (AvgIpc) is 2.31. The Morgan fingerprint density at radius 2 is 2.53 bits per heavy atom. The molecule has 2 rings (SSSR count). The minimum Gasteiger partial charge on any atom is -0.366 e. The summed E-state index contributed by atoms with van der Waals surface area (Å²) in [6, 6.07) is 2.46. The third-order valence-electron chi connectivity index (χ3n) is 2.89. The largest absolute Gasteiger partial charge is 0.366 e. The molecular weight excluding hydrogens is 188 g/mol. The Morgan fingerprint density at radius 3 is 3.27 bits per heavy atom. The number of aromatic nitrogens is 2. The molecule has 0 radical (unpaired) electrons. The number of nitrogens with zero attached hydrogens (tertiary/aromatic N) is 3. The van der Waals surface area contributed by atoms with E-state index in [9.17, 15) is 0 Å². The first-order valence-electron chi connectivity index (χ1n) is 5.63. The van der Waals surface area contributed by atoms with Gasteiger partial charge in [0, 0.05) is 18.8 Å². The number of likely N-dealkylation sites (N-methyl/N-ethyl adjacent to an activating group) is 1. The van der Waals surface area contributed by atoms with E-state index in [0.29, 0.717) is 6.04 Å². The minimum atomic E-state index is 0.536. The molecule has 1 unspecified atom stereocenters. The number of anilines is 1. The molecule has 1 aliphatic rings. The maximum absolute atomic E-state index is 4.18. The van der Waals surface area contributed by atoms with Gasteiger partial charge in [-0.05, 0) is 32.0 Å². The molecule has 4 heteroatoms. The SMILES string of the molecule is CCN1CCCC(Nc2ccncn2)C1. The summed E-state index contributed by atoms with van der Waals surface area (Å²) in [6.45, 7) is 5.72. The van der Waals surface area contributed by atoms with Crippen molar-refractivity contribution in [1.82, 2.24) is 14.9 Å². The Balaban J connectivity index is 1.89. The van der Waals surface area contributed by atoms with Gasteiger partial charge in [-0.1, -0.05) is 6.92 Å². The van der Waals surface area contributed by atoms with Crippen molar-refractivity contribution in [3.05, 3.63) is 18.6 Å². The smallest absolute Gasteiger partial charge is 0.129 e. The van der Waals surface area contributed by atoms with Crippen LogP contribution < -0.4 is 5.32 Å². The van der Waals surface area contributed by atoms with E-state index in [1.54, 1.807) is 12.5 Å². The highest BCUT2D eigenvalue weighted by Gasteiger charge is 2.18. The maximum Gasteiger partial charge on any atom is 0.129 e. The van der Waals surface area contributed by atoms with Crippen LogP contribution in [0, 0.1) is 0 Å². The molecule has 0 saturated carbocycles. The Morgan fingerprint density at radius 1 is 1.60 bits per heavy atom. The van der Waals surface area contributed by atoms with Gasteiger partial charge in [0.1, 0.15) is 12.1 Å². The molecule has 1 aliphatic heterocycles. The molecular formula is C11H18N4.